The predicted octanol–water partition coefficient (Wildman–Crippen LogP) is 2.57. The lowest BCUT2D eigenvalue weighted by atomic mass is 10.2. The number of benzene rings is 1. The number of aromatic nitrogens is 4. The third kappa shape index (κ3) is 5.42. The van der Waals surface area contributed by atoms with Crippen LogP contribution in [0, 0.1) is 5.82 Å². The first-order valence-corrected chi connectivity index (χ1v) is 10.2. The number of carbonyl (C=O) groups is 1. The van der Waals surface area contributed by atoms with Crippen LogP contribution in [-0.4, -0.2) is 58.2 Å². The molecule has 154 valence electrons. The number of methoxy groups -OCH3 is 1. The summed E-state index contributed by atoms with van der Waals surface area (Å²) in [6.07, 6.45) is 1.71. The minimum absolute atomic E-state index is 0.281. The van der Waals surface area contributed by atoms with E-state index in [-0.39, 0.29) is 11.5 Å². The van der Waals surface area contributed by atoms with Gasteiger partial charge in [-0.25, -0.2) is 19.0 Å². The molecular weight excluding hydrogens is 395 g/mol. The first kappa shape index (κ1) is 21.0. The standard InChI is InChI=1S/C19H23FN6O2S/c1-3-29-19-24-16(21-8-10-28-2)15-12-23-26(17(15)25-19)9-7-22-18(27)13-5-4-6-14(20)11-13/h4-6,11-12H,3,7-10H2,1-2H3,(H,22,27)(H,21,24,25). The molecule has 3 aromatic rings. The Kier molecular flexibility index (Phi) is 7.36. The van der Waals surface area contributed by atoms with Crippen molar-refractivity contribution < 1.29 is 13.9 Å². The normalized spacial score (nSPS) is 11.0. The summed E-state index contributed by atoms with van der Waals surface area (Å²) < 4.78 is 20.1. The number of nitrogens with one attached hydrogen (secondary N) is 2. The van der Waals surface area contributed by atoms with Crippen molar-refractivity contribution in [2.45, 2.75) is 18.6 Å². The van der Waals surface area contributed by atoms with Crippen LogP contribution in [0.15, 0.2) is 35.6 Å². The van der Waals surface area contributed by atoms with Gasteiger partial charge < -0.3 is 15.4 Å². The number of hydrogen-bond donors (Lipinski definition) is 2. The Morgan fingerprint density at radius 3 is 2.93 bits per heavy atom. The maximum absolute atomic E-state index is 13.3. The fourth-order valence-corrected chi connectivity index (χ4v) is 3.27. The molecule has 0 aliphatic rings. The highest BCUT2D eigenvalue weighted by atomic mass is 32.2. The topological polar surface area (TPSA) is 94.0 Å². The molecule has 1 amide bonds. The summed E-state index contributed by atoms with van der Waals surface area (Å²) in [6, 6.07) is 5.59. The van der Waals surface area contributed by atoms with E-state index < -0.39 is 5.82 Å². The van der Waals surface area contributed by atoms with Crippen molar-refractivity contribution in [2.75, 3.05) is 37.9 Å². The molecule has 0 spiro atoms. The number of amides is 1. The van der Waals surface area contributed by atoms with Gasteiger partial charge >= 0.3 is 0 Å². The SMILES string of the molecule is CCSc1nc(NCCOC)c2cnn(CCNC(=O)c3cccc(F)c3)c2n1. The quantitative estimate of drug-likeness (QED) is 0.297. The Labute approximate surface area is 172 Å². The molecule has 0 unspecified atom stereocenters. The Morgan fingerprint density at radius 2 is 2.17 bits per heavy atom. The molecule has 2 heterocycles. The molecule has 0 aliphatic heterocycles. The number of thioether (sulfide) groups is 1. The summed E-state index contributed by atoms with van der Waals surface area (Å²) in [5.74, 6) is 0.778. The molecule has 29 heavy (non-hydrogen) atoms. The first-order valence-electron chi connectivity index (χ1n) is 9.25. The van der Waals surface area contributed by atoms with Crippen molar-refractivity contribution in [1.29, 1.82) is 0 Å². The monoisotopic (exact) mass is 418 g/mol. The minimum Gasteiger partial charge on any atom is -0.383 e. The summed E-state index contributed by atoms with van der Waals surface area (Å²) in [5, 5.41) is 11.9. The number of nitrogens with zero attached hydrogens (tertiary/aromatic N) is 4. The molecule has 2 aromatic heterocycles. The molecule has 0 radical (unpaired) electrons. The van der Waals surface area contributed by atoms with E-state index in [0.29, 0.717) is 42.9 Å². The average molecular weight is 418 g/mol. The van der Waals surface area contributed by atoms with Gasteiger partial charge in [-0.15, -0.1) is 0 Å². The number of halogens is 1. The molecule has 10 heteroatoms. The summed E-state index contributed by atoms with van der Waals surface area (Å²) in [6.45, 7) is 3.97. The van der Waals surface area contributed by atoms with E-state index in [2.05, 4.69) is 25.7 Å². The van der Waals surface area contributed by atoms with Crippen LogP contribution in [0.2, 0.25) is 0 Å². The predicted molar refractivity (Wildman–Crippen MR) is 111 cm³/mol. The number of anilines is 1. The highest BCUT2D eigenvalue weighted by Gasteiger charge is 2.13. The van der Waals surface area contributed by atoms with Gasteiger partial charge in [0.15, 0.2) is 10.8 Å². The lowest BCUT2D eigenvalue weighted by Crippen LogP contribution is -2.27. The van der Waals surface area contributed by atoms with Crippen LogP contribution in [0.25, 0.3) is 11.0 Å². The van der Waals surface area contributed by atoms with E-state index in [1.54, 1.807) is 35.8 Å². The van der Waals surface area contributed by atoms with E-state index in [1.807, 2.05) is 6.92 Å². The number of rotatable bonds is 10. The highest BCUT2D eigenvalue weighted by Crippen LogP contribution is 2.24. The minimum atomic E-state index is -0.443. The smallest absolute Gasteiger partial charge is 0.251 e. The number of carbonyl (C=O) groups excluding carboxylic acids is 1. The van der Waals surface area contributed by atoms with Crippen LogP contribution < -0.4 is 10.6 Å². The fraction of sp³-hybridized carbons (Fsp3) is 0.368. The molecule has 0 saturated carbocycles. The molecule has 8 nitrogen and oxygen atoms in total. The second-order valence-electron chi connectivity index (χ2n) is 6.08. The molecule has 0 atom stereocenters. The van der Waals surface area contributed by atoms with Crippen molar-refractivity contribution in [1.82, 2.24) is 25.1 Å². The van der Waals surface area contributed by atoms with Gasteiger partial charge in [0, 0.05) is 25.8 Å². The molecular formula is C19H23FN6O2S. The Hall–Kier alpha value is -2.72. The molecule has 0 aliphatic carbocycles. The van der Waals surface area contributed by atoms with Crippen molar-refractivity contribution in [2.24, 2.45) is 0 Å². The molecule has 0 fully saturated rings. The van der Waals surface area contributed by atoms with E-state index in [9.17, 15) is 9.18 Å². The van der Waals surface area contributed by atoms with Gasteiger partial charge in [-0.05, 0) is 24.0 Å². The van der Waals surface area contributed by atoms with Gasteiger partial charge in [-0.2, -0.15) is 5.10 Å². The Bertz CT molecular complexity index is 980. The molecule has 3 rings (SSSR count). The van der Waals surface area contributed by atoms with E-state index >= 15 is 0 Å². The van der Waals surface area contributed by atoms with E-state index in [1.165, 1.54) is 18.2 Å². The van der Waals surface area contributed by atoms with Gasteiger partial charge in [-0.1, -0.05) is 24.8 Å². The van der Waals surface area contributed by atoms with Gasteiger partial charge in [-0.3, -0.25) is 4.79 Å². The summed E-state index contributed by atoms with van der Waals surface area (Å²) in [5.41, 5.74) is 0.972. The fourth-order valence-electron chi connectivity index (χ4n) is 2.71. The van der Waals surface area contributed by atoms with Gasteiger partial charge in [0.1, 0.15) is 11.6 Å². The average Bonchev–Trinajstić information content (AvgIpc) is 3.11. The molecule has 2 N–H and O–H groups in total. The summed E-state index contributed by atoms with van der Waals surface area (Å²) >= 11 is 1.54. The third-order valence-electron chi connectivity index (χ3n) is 4.04. The Morgan fingerprint density at radius 1 is 1.31 bits per heavy atom. The third-order valence-corrected chi connectivity index (χ3v) is 4.77. The highest BCUT2D eigenvalue weighted by molar-refractivity contribution is 7.99. The summed E-state index contributed by atoms with van der Waals surface area (Å²) in [7, 11) is 1.64. The lowest BCUT2D eigenvalue weighted by Gasteiger charge is -2.09. The van der Waals surface area contributed by atoms with Crippen molar-refractivity contribution in [3.63, 3.8) is 0 Å². The maximum atomic E-state index is 13.3. The van der Waals surface area contributed by atoms with Crippen LogP contribution in [-0.2, 0) is 11.3 Å². The molecule has 1 aromatic carbocycles. The Balaban J connectivity index is 1.72. The van der Waals surface area contributed by atoms with Gasteiger partial charge in [0.05, 0.1) is 24.7 Å². The largest absolute Gasteiger partial charge is 0.383 e. The maximum Gasteiger partial charge on any atom is 0.251 e. The lowest BCUT2D eigenvalue weighted by molar-refractivity contribution is 0.0951. The van der Waals surface area contributed by atoms with Crippen LogP contribution in [0.5, 0.6) is 0 Å². The van der Waals surface area contributed by atoms with Crippen molar-refractivity contribution in [3.05, 3.63) is 41.8 Å². The summed E-state index contributed by atoms with van der Waals surface area (Å²) in [4.78, 5) is 21.3. The zero-order valence-corrected chi connectivity index (χ0v) is 17.1. The van der Waals surface area contributed by atoms with E-state index in [0.717, 1.165) is 11.1 Å². The second kappa shape index (κ2) is 10.2. The number of hydrogen-bond acceptors (Lipinski definition) is 7. The molecule has 0 bridgehead atoms. The van der Waals surface area contributed by atoms with Gasteiger partial charge in [0.25, 0.3) is 5.91 Å². The number of fused-ring (bicyclic) bond motifs is 1. The number of ether oxygens (including phenoxy) is 1. The van der Waals surface area contributed by atoms with Crippen LogP contribution >= 0.6 is 11.8 Å². The van der Waals surface area contributed by atoms with Crippen LogP contribution in [0.1, 0.15) is 17.3 Å². The van der Waals surface area contributed by atoms with Crippen LogP contribution in [0.4, 0.5) is 10.2 Å². The zero-order valence-electron chi connectivity index (χ0n) is 16.3. The molecule has 0 saturated heterocycles. The van der Waals surface area contributed by atoms with Crippen molar-refractivity contribution in [3.8, 4) is 0 Å². The van der Waals surface area contributed by atoms with E-state index in [4.69, 9.17) is 4.74 Å². The first-order chi connectivity index (χ1) is 14.1. The van der Waals surface area contributed by atoms with Crippen molar-refractivity contribution >= 4 is 34.5 Å². The van der Waals surface area contributed by atoms with Crippen LogP contribution in [0.3, 0.4) is 0 Å². The zero-order chi connectivity index (χ0) is 20.6. The second-order valence-corrected chi connectivity index (χ2v) is 7.31. The van der Waals surface area contributed by atoms with Gasteiger partial charge in [0.2, 0.25) is 0 Å².